The molecule has 0 aliphatic carbocycles. The molecule has 1 aromatic rings. The monoisotopic (exact) mass is 286 g/mol. The molecule has 0 N–H and O–H groups in total. The third-order valence-electron chi connectivity index (χ3n) is 3.02. The van der Waals surface area contributed by atoms with Crippen LogP contribution in [0.1, 0.15) is 39.1 Å². The molecular formula is C14H23ClN2O2. The number of ketones is 1. The molecule has 1 aromatic heterocycles. The van der Waals surface area contributed by atoms with E-state index in [2.05, 4.69) is 5.10 Å². The van der Waals surface area contributed by atoms with Crippen molar-refractivity contribution in [1.29, 1.82) is 0 Å². The first-order chi connectivity index (χ1) is 8.68. The van der Waals surface area contributed by atoms with Gasteiger partial charge in [-0.1, -0.05) is 32.4 Å². The molecule has 0 saturated heterocycles. The minimum Gasteiger partial charge on any atom is -0.370 e. The van der Waals surface area contributed by atoms with Crippen molar-refractivity contribution in [2.24, 2.45) is 12.5 Å². The molecule has 1 unspecified atom stereocenters. The fourth-order valence-corrected chi connectivity index (χ4v) is 2.35. The number of rotatable bonds is 5. The van der Waals surface area contributed by atoms with Gasteiger partial charge in [-0.25, -0.2) is 0 Å². The average Bonchev–Trinajstić information content (AvgIpc) is 2.51. The molecule has 1 rings (SSSR count). The molecule has 108 valence electrons. The highest BCUT2D eigenvalue weighted by Crippen LogP contribution is 2.26. The molecule has 0 bridgehead atoms. The van der Waals surface area contributed by atoms with Crippen LogP contribution in [-0.4, -0.2) is 28.3 Å². The molecule has 1 atom stereocenters. The second-order valence-electron chi connectivity index (χ2n) is 5.81. The van der Waals surface area contributed by atoms with Gasteiger partial charge in [0.05, 0.1) is 22.8 Å². The summed E-state index contributed by atoms with van der Waals surface area (Å²) in [6, 6.07) is 0. The Morgan fingerprint density at radius 2 is 2.05 bits per heavy atom. The Morgan fingerprint density at radius 3 is 2.42 bits per heavy atom. The van der Waals surface area contributed by atoms with Gasteiger partial charge in [0.15, 0.2) is 5.78 Å². The van der Waals surface area contributed by atoms with E-state index < -0.39 is 6.10 Å². The second-order valence-corrected chi connectivity index (χ2v) is 6.19. The largest absolute Gasteiger partial charge is 0.370 e. The highest BCUT2D eigenvalue weighted by atomic mass is 35.5. The fraction of sp³-hybridized carbons (Fsp3) is 0.714. The molecule has 0 fully saturated rings. The third kappa shape index (κ3) is 3.80. The summed E-state index contributed by atoms with van der Waals surface area (Å²) in [5, 5.41) is 4.79. The van der Waals surface area contributed by atoms with E-state index in [1.807, 2.05) is 34.6 Å². The molecule has 19 heavy (non-hydrogen) atoms. The zero-order valence-electron chi connectivity index (χ0n) is 12.6. The Balaban J connectivity index is 2.94. The average molecular weight is 287 g/mol. The number of carbonyl (C=O) groups excluding carboxylic acids is 1. The van der Waals surface area contributed by atoms with Crippen molar-refractivity contribution in [3.05, 3.63) is 16.4 Å². The Kier molecular flexibility index (Phi) is 5.16. The quantitative estimate of drug-likeness (QED) is 0.836. The predicted molar refractivity (Wildman–Crippen MR) is 76.5 cm³/mol. The van der Waals surface area contributed by atoms with Gasteiger partial charge in [0.25, 0.3) is 0 Å². The molecule has 0 aliphatic heterocycles. The van der Waals surface area contributed by atoms with E-state index in [1.54, 1.807) is 11.7 Å². The van der Waals surface area contributed by atoms with Gasteiger partial charge in [-0.3, -0.25) is 9.48 Å². The van der Waals surface area contributed by atoms with Crippen LogP contribution in [0.25, 0.3) is 0 Å². The molecule has 0 amide bonds. The zero-order valence-corrected chi connectivity index (χ0v) is 13.3. The maximum absolute atomic E-state index is 12.4. The molecule has 5 heteroatoms. The fourth-order valence-electron chi connectivity index (χ4n) is 2.12. The Labute approximate surface area is 120 Å². The van der Waals surface area contributed by atoms with Crippen LogP contribution in [0.3, 0.4) is 0 Å². The van der Waals surface area contributed by atoms with Crippen molar-refractivity contribution in [1.82, 2.24) is 9.78 Å². The number of ether oxygens (including phenoxy) is 1. The summed E-state index contributed by atoms with van der Waals surface area (Å²) < 4.78 is 7.27. The topological polar surface area (TPSA) is 44.1 Å². The van der Waals surface area contributed by atoms with Gasteiger partial charge in [-0.05, 0) is 19.3 Å². The van der Waals surface area contributed by atoms with E-state index in [9.17, 15) is 4.79 Å². The van der Waals surface area contributed by atoms with Gasteiger partial charge >= 0.3 is 0 Å². The molecule has 0 aliphatic rings. The van der Waals surface area contributed by atoms with Crippen LogP contribution in [0.15, 0.2) is 0 Å². The van der Waals surface area contributed by atoms with Crippen LogP contribution in [0.5, 0.6) is 0 Å². The SMILES string of the molecule is CCOC(C(=O)Cc1c(Cl)c(C)nn1C)C(C)(C)C. The van der Waals surface area contributed by atoms with Gasteiger partial charge in [-0.15, -0.1) is 0 Å². The first kappa shape index (κ1) is 16.2. The van der Waals surface area contributed by atoms with Gasteiger partial charge in [0.1, 0.15) is 6.10 Å². The van der Waals surface area contributed by atoms with E-state index in [1.165, 1.54) is 0 Å². The lowest BCUT2D eigenvalue weighted by atomic mass is 9.85. The zero-order chi connectivity index (χ0) is 14.8. The summed E-state index contributed by atoms with van der Waals surface area (Å²) in [6.45, 7) is 10.3. The van der Waals surface area contributed by atoms with Gasteiger partial charge in [0.2, 0.25) is 0 Å². The van der Waals surface area contributed by atoms with E-state index in [0.717, 1.165) is 11.4 Å². The van der Waals surface area contributed by atoms with Crippen LogP contribution < -0.4 is 0 Å². The molecule has 4 nitrogen and oxygen atoms in total. The van der Waals surface area contributed by atoms with Crippen molar-refractivity contribution < 1.29 is 9.53 Å². The molecular weight excluding hydrogens is 264 g/mol. The van der Waals surface area contributed by atoms with Gasteiger partial charge < -0.3 is 4.74 Å². The van der Waals surface area contributed by atoms with Crippen LogP contribution in [0.2, 0.25) is 5.02 Å². The summed E-state index contributed by atoms with van der Waals surface area (Å²) in [5.74, 6) is 0.0410. The maximum Gasteiger partial charge on any atom is 0.168 e. The van der Waals surface area contributed by atoms with Crippen molar-refractivity contribution >= 4 is 17.4 Å². The second kappa shape index (κ2) is 6.06. The maximum atomic E-state index is 12.4. The first-order valence-electron chi connectivity index (χ1n) is 6.50. The van der Waals surface area contributed by atoms with Crippen molar-refractivity contribution in [2.75, 3.05) is 6.61 Å². The molecule has 0 aromatic carbocycles. The van der Waals surface area contributed by atoms with Crippen molar-refractivity contribution in [3.63, 3.8) is 0 Å². The lowest BCUT2D eigenvalue weighted by Crippen LogP contribution is -2.38. The Morgan fingerprint density at radius 1 is 1.47 bits per heavy atom. The lowest BCUT2D eigenvalue weighted by Gasteiger charge is -2.29. The highest BCUT2D eigenvalue weighted by Gasteiger charge is 2.32. The highest BCUT2D eigenvalue weighted by molar-refractivity contribution is 6.32. The van der Waals surface area contributed by atoms with E-state index in [4.69, 9.17) is 16.3 Å². The van der Waals surface area contributed by atoms with Gasteiger partial charge in [-0.2, -0.15) is 5.10 Å². The van der Waals surface area contributed by atoms with Crippen LogP contribution in [0.4, 0.5) is 0 Å². The predicted octanol–water partition coefficient (Wildman–Crippen LogP) is 2.94. The number of nitrogens with zero attached hydrogens (tertiary/aromatic N) is 2. The van der Waals surface area contributed by atoms with Crippen LogP contribution in [-0.2, 0) is 23.0 Å². The number of aromatic nitrogens is 2. The number of halogens is 1. The van der Waals surface area contributed by atoms with Crippen LogP contribution >= 0.6 is 11.6 Å². The molecule has 1 heterocycles. The smallest absolute Gasteiger partial charge is 0.168 e. The van der Waals surface area contributed by atoms with E-state index in [0.29, 0.717) is 11.6 Å². The minimum atomic E-state index is -0.427. The number of hydrogen-bond acceptors (Lipinski definition) is 3. The Hall–Kier alpha value is -0.870. The third-order valence-corrected chi connectivity index (χ3v) is 3.51. The summed E-state index contributed by atoms with van der Waals surface area (Å²) >= 11 is 6.18. The van der Waals surface area contributed by atoms with Crippen molar-refractivity contribution in [3.8, 4) is 0 Å². The molecule has 0 spiro atoms. The lowest BCUT2D eigenvalue weighted by molar-refractivity contribution is -0.136. The first-order valence-corrected chi connectivity index (χ1v) is 6.88. The summed E-state index contributed by atoms with van der Waals surface area (Å²) in [4.78, 5) is 12.4. The summed E-state index contributed by atoms with van der Waals surface area (Å²) in [5.41, 5.74) is 1.27. The normalized spacial score (nSPS) is 13.6. The summed E-state index contributed by atoms with van der Waals surface area (Å²) in [6.07, 6.45) is -0.179. The number of hydrogen-bond donors (Lipinski definition) is 0. The number of Topliss-reactive ketones (excluding diaryl/α,β-unsaturated/α-hetero) is 1. The van der Waals surface area contributed by atoms with Gasteiger partial charge in [0, 0.05) is 13.7 Å². The minimum absolute atomic E-state index is 0.0410. The summed E-state index contributed by atoms with van der Waals surface area (Å²) in [7, 11) is 1.80. The van der Waals surface area contributed by atoms with Crippen molar-refractivity contribution in [2.45, 2.75) is 47.1 Å². The van der Waals surface area contributed by atoms with E-state index >= 15 is 0 Å². The number of carbonyl (C=O) groups is 1. The van der Waals surface area contributed by atoms with Crippen LogP contribution in [0, 0.1) is 12.3 Å². The Bertz CT molecular complexity index is 461. The molecule has 0 radical (unpaired) electrons. The molecule has 0 saturated carbocycles. The number of aryl methyl sites for hydroxylation is 2. The standard InChI is InChI=1S/C14H23ClN2O2/c1-7-19-13(14(3,4)5)11(18)8-10-12(15)9(2)16-17(10)6/h13H,7-8H2,1-6H3. The van der Waals surface area contributed by atoms with E-state index in [-0.39, 0.29) is 17.6 Å².